The van der Waals surface area contributed by atoms with Crippen LogP contribution in [0.4, 0.5) is 17.1 Å². The Balaban J connectivity index is 1.21. The summed E-state index contributed by atoms with van der Waals surface area (Å²) in [6.45, 7) is 2.18. The molecule has 11 rings (SSSR count). The first-order chi connectivity index (χ1) is 28.7. The van der Waals surface area contributed by atoms with Crippen molar-refractivity contribution in [2.45, 2.75) is 6.92 Å². The fourth-order valence-corrected chi connectivity index (χ4v) is 8.74. The summed E-state index contributed by atoms with van der Waals surface area (Å²) >= 11 is 0. The van der Waals surface area contributed by atoms with Crippen molar-refractivity contribution in [3.05, 3.63) is 212 Å². The molecule has 0 fully saturated rings. The molecule has 5 nitrogen and oxygen atoms in total. The predicted molar refractivity (Wildman–Crippen MR) is 241 cm³/mol. The van der Waals surface area contributed by atoms with E-state index in [9.17, 15) is 0 Å². The van der Waals surface area contributed by atoms with Crippen LogP contribution in [-0.4, -0.2) is 19.1 Å². The van der Waals surface area contributed by atoms with E-state index in [4.69, 9.17) is 4.98 Å². The fraction of sp³-hybridized carbons (Fsp3) is 0.0189. The summed E-state index contributed by atoms with van der Waals surface area (Å²) in [4.78, 5) is 12.2. The molecule has 0 aliphatic carbocycles. The van der Waals surface area contributed by atoms with E-state index in [1.807, 2.05) is 24.5 Å². The molecule has 0 bridgehead atoms. The fourth-order valence-electron chi connectivity index (χ4n) is 8.74. The number of pyridine rings is 2. The van der Waals surface area contributed by atoms with E-state index < -0.39 is 0 Å². The molecule has 0 N–H and O–H groups in total. The molecule has 0 radical (unpaired) electrons. The van der Waals surface area contributed by atoms with E-state index in [0.717, 1.165) is 62.0 Å². The second kappa shape index (κ2) is 13.8. The van der Waals surface area contributed by atoms with Crippen molar-refractivity contribution in [3.8, 4) is 33.9 Å². The van der Waals surface area contributed by atoms with Gasteiger partial charge in [0.25, 0.3) is 0 Å². The molecular weight excluding hydrogens is 707 g/mol. The monoisotopic (exact) mass is 743 g/mol. The smallest absolute Gasteiger partial charge is 0.137 e. The summed E-state index contributed by atoms with van der Waals surface area (Å²) in [7, 11) is 0. The van der Waals surface area contributed by atoms with Gasteiger partial charge in [0.15, 0.2) is 0 Å². The molecule has 0 amide bonds. The van der Waals surface area contributed by atoms with Crippen LogP contribution in [0.3, 0.4) is 0 Å². The minimum absolute atomic E-state index is 0.879. The lowest BCUT2D eigenvalue weighted by atomic mass is 10.0. The summed E-state index contributed by atoms with van der Waals surface area (Å²) in [6, 6.07) is 69.0. The highest BCUT2D eigenvalue weighted by molar-refractivity contribution is 6.29. The molecular formula is C53H37N5. The third-order valence-corrected chi connectivity index (χ3v) is 11.3. The molecule has 0 atom stereocenters. The van der Waals surface area contributed by atoms with Gasteiger partial charge in [-0.3, -0.25) is 9.55 Å². The molecule has 0 aliphatic heterocycles. The van der Waals surface area contributed by atoms with E-state index >= 15 is 0 Å². The van der Waals surface area contributed by atoms with Gasteiger partial charge in [-0.05, 0) is 103 Å². The molecule has 5 heteroatoms. The Kier molecular flexibility index (Phi) is 7.97. The van der Waals surface area contributed by atoms with Gasteiger partial charge >= 0.3 is 0 Å². The maximum Gasteiger partial charge on any atom is 0.137 e. The molecule has 0 unspecified atom stereocenters. The van der Waals surface area contributed by atoms with Crippen molar-refractivity contribution in [3.63, 3.8) is 0 Å². The number of hydrogen-bond acceptors (Lipinski definition) is 3. The van der Waals surface area contributed by atoms with Gasteiger partial charge in [-0.25, -0.2) is 4.98 Å². The third kappa shape index (κ3) is 5.47. The number of nitrogens with zero attached hydrogens (tertiary/aromatic N) is 5. The van der Waals surface area contributed by atoms with Gasteiger partial charge < -0.3 is 9.47 Å². The quantitative estimate of drug-likeness (QED) is 0.163. The Hall–Kier alpha value is -7.76. The number of para-hydroxylation sites is 3. The number of rotatable bonds is 7. The maximum atomic E-state index is 5.23. The SMILES string of the molecule is Cc1cc(-n2c3cc(N(c4ccccc4)c4cccc(-c5ccccn5)c4)ccc3c3c4c5ccccc5n(-c5ccccc5)c4ccc32)ncc1-c1ccccc1. The van der Waals surface area contributed by atoms with Crippen molar-refractivity contribution < 1.29 is 0 Å². The van der Waals surface area contributed by atoms with Crippen LogP contribution in [0.5, 0.6) is 0 Å². The minimum atomic E-state index is 0.879. The number of fused-ring (bicyclic) bond motifs is 7. The first-order valence-corrected chi connectivity index (χ1v) is 19.7. The van der Waals surface area contributed by atoms with E-state index in [0.29, 0.717) is 0 Å². The largest absolute Gasteiger partial charge is 0.310 e. The Morgan fingerprint density at radius 3 is 1.83 bits per heavy atom. The van der Waals surface area contributed by atoms with Crippen LogP contribution in [-0.2, 0) is 0 Å². The van der Waals surface area contributed by atoms with Crippen molar-refractivity contribution in [1.82, 2.24) is 19.1 Å². The highest BCUT2D eigenvalue weighted by Crippen LogP contribution is 2.45. The molecule has 58 heavy (non-hydrogen) atoms. The normalized spacial score (nSPS) is 11.5. The average Bonchev–Trinajstić information content (AvgIpc) is 3.80. The van der Waals surface area contributed by atoms with Crippen LogP contribution in [0.1, 0.15) is 5.56 Å². The van der Waals surface area contributed by atoms with Gasteiger partial charge in [0.05, 0.1) is 27.8 Å². The Labute approximate surface area is 336 Å². The minimum Gasteiger partial charge on any atom is -0.310 e. The number of aromatic nitrogens is 4. The molecule has 0 saturated heterocycles. The van der Waals surface area contributed by atoms with Crippen LogP contribution in [0.25, 0.3) is 77.5 Å². The van der Waals surface area contributed by atoms with Gasteiger partial charge in [0.2, 0.25) is 0 Å². The van der Waals surface area contributed by atoms with Gasteiger partial charge in [0, 0.05) is 67.8 Å². The maximum absolute atomic E-state index is 5.23. The zero-order chi connectivity index (χ0) is 38.6. The lowest BCUT2D eigenvalue weighted by Gasteiger charge is -2.26. The summed E-state index contributed by atoms with van der Waals surface area (Å²) in [5, 5.41) is 4.83. The summed E-state index contributed by atoms with van der Waals surface area (Å²) in [5.41, 5.74) is 14.3. The number of hydrogen-bond donors (Lipinski definition) is 0. The van der Waals surface area contributed by atoms with Crippen molar-refractivity contribution in [1.29, 1.82) is 0 Å². The lowest BCUT2D eigenvalue weighted by molar-refractivity contribution is 1.07. The summed E-state index contributed by atoms with van der Waals surface area (Å²) < 4.78 is 4.75. The molecule has 0 spiro atoms. The van der Waals surface area contributed by atoms with Crippen LogP contribution >= 0.6 is 0 Å². The first kappa shape index (κ1) is 33.6. The van der Waals surface area contributed by atoms with E-state index in [-0.39, 0.29) is 0 Å². The first-order valence-electron chi connectivity index (χ1n) is 19.7. The molecule has 11 aromatic rings. The van der Waals surface area contributed by atoms with Gasteiger partial charge in [-0.15, -0.1) is 0 Å². The number of benzene rings is 7. The van der Waals surface area contributed by atoms with Crippen molar-refractivity contribution >= 4 is 60.7 Å². The lowest BCUT2D eigenvalue weighted by Crippen LogP contribution is -2.10. The van der Waals surface area contributed by atoms with Gasteiger partial charge in [0.1, 0.15) is 5.82 Å². The van der Waals surface area contributed by atoms with Gasteiger partial charge in [-0.2, -0.15) is 0 Å². The average molecular weight is 744 g/mol. The molecule has 0 aliphatic rings. The second-order valence-corrected chi connectivity index (χ2v) is 14.7. The van der Waals surface area contributed by atoms with Crippen LogP contribution in [0, 0.1) is 6.92 Å². The van der Waals surface area contributed by atoms with Crippen LogP contribution < -0.4 is 4.90 Å². The Morgan fingerprint density at radius 2 is 1.07 bits per heavy atom. The summed E-state index contributed by atoms with van der Waals surface area (Å²) in [6.07, 6.45) is 3.88. The Bertz CT molecular complexity index is 3280. The van der Waals surface area contributed by atoms with Crippen LogP contribution in [0.15, 0.2) is 207 Å². The third-order valence-electron chi connectivity index (χ3n) is 11.3. The van der Waals surface area contributed by atoms with E-state index in [1.165, 1.54) is 38.1 Å². The van der Waals surface area contributed by atoms with E-state index in [1.54, 1.807) is 0 Å². The Morgan fingerprint density at radius 1 is 0.431 bits per heavy atom. The highest BCUT2D eigenvalue weighted by Gasteiger charge is 2.23. The molecule has 4 heterocycles. The molecule has 4 aromatic heterocycles. The molecule has 7 aromatic carbocycles. The second-order valence-electron chi connectivity index (χ2n) is 14.7. The number of anilines is 3. The topological polar surface area (TPSA) is 38.9 Å². The molecule has 0 saturated carbocycles. The standard InChI is InChI=1S/C53H37N5/c1-36-32-51(55-35-45(36)37-16-5-2-6-17-37)58-49-30-29-48-52(43-24-11-12-26-47(43)57(48)40-21-9-4-10-22-40)53(49)44-28-27-42(34-50(44)58)56(39-19-7-3-8-20-39)41-23-15-18-38(33-41)46-25-13-14-31-54-46/h2-35H,1H3. The van der Waals surface area contributed by atoms with Crippen LogP contribution in [0.2, 0.25) is 0 Å². The highest BCUT2D eigenvalue weighted by atomic mass is 15.1. The zero-order valence-electron chi connectivity index (χ0n) is 31.9. The van der Waals surface area contributed by atoms with Gasteiger partial charge in [-0.1, -0.05) is 109 Å². The van der Waals surface area contributed by atoms with Crippen molar-refractivity contribution in [2.24, 2.45) is 0 Å². The zero-order valence-corrected chi connectivity index (χ0v) is 31.9. The summed E-state index contributed by atoms with van der Waals surface area (Å²) in [5.74, 6) is 0.879. The number of aryl methyl sites for hydroxylation is 1. The predicted octanol–water partition coefficient (Wildman–Crippen LogP) is 13.8. The van der Waals surface area contributed by atoms with Crippen molar-refractivity contribution in [2.75, 3.05) is 4.90 Å². The molecule has 274 valence electrons. The van der Waals surface area contributed by atoms with E-state index in [2.05, 4.69) is 208 Å².